The van der Waals surface area contributed by atoms with Gasteiger partial charge < -0.3 is 9.47 Å². The summed E-state index contributed by atoms with van der Waals surface area (Å²) < 4.78 is 43.0. The molecule has 1 aromatic heterocycles. The maximum Gasteiger partial charge on any atom is 0.338 e. The van der Waals surface area contributed by atoms with Crippen LogP contribution in [0.2, 0.25) is 0 Å². The predicted octanol–water partition coefficient (Wildman–Crippen LogP) is 5.86. The summed E-state index contributed by atoms with van der Waals surface area (Å²) in [6.45, 7) is 3.55. The Hall–Kier alpha value is -2.91. The predicted molar refractivity (Wildman–Crippen MR) is 169 cm³/mol. The third-order valence-electron chi connectivity index (χ3n) is 6.36. The second-order valence-corrected chi connectivity index (χ2v) is 12.5. The minimum absolute atomic E-state index is 0.0119. The summed E-state index contributed by atoms with van der Waals surface area (Å²) >= 11 is 5.52. The summed E-state index contributed by atoms with van der Waals surface area (Å²) in [7, 11) is 0. The Morgan fingerprint density at radius 2 is 1.85 bits per heavy atom. The molecule has 1 atom stereocenters. The van der Waals surface area contributed by atoms with Crippen molar-refractivity contribution in [3.63, 3.8) is 0 Å². The molecule has 41 heavy (non-hydrogen) atoms. The molecule has 0 saturated carbocycles. The van der Waals surface area contributed by atoms with Gasteiger partial charge in [0.2, 0.25) is 0 Å². The van der Waals surface area contributed by atoms with Crippen molar-refractivity contribution in [2.24, 2.45) is 4.99 Å². The summed E-state index contributed by atoms with van der Waals surface area (Å²) in [5.41, 5.74) is 1.87. The largest absolute Gasteiger partial charge is 0.487 e. The lowest BCUT2D eigenvalue weighted by molar-refractivity contribution is -0.139. The fourth-order valence-electron chi connectivity index (χ4n) is 4.50. The van der Waals surface area contributed by atoms with Crippen molar-refractivity contribution in [3.8, 4) is 5.75 Å². The molecule has 0 aliphatic carbocycles. The maximum absolute atomic E-state index is 14.3. The first-order valence-electron chi connectivity index (χ1n) is 12.5. The summed E-state index contributed by atoms with van der Waals surface area (Å²) in [4.78, 5) is 32.0. The lowest BCUT2D eigenvalue weighted by Gasteiger charge is -2.24. The molecule has 0 spiro atoms. The molecule has 4 aromatic rings. The first kappa shape index (κ1) is 29.6. The summed E-state index contributed by atoms with van der Waals surface area (Å²) in [6, 6.07) is 15.0. The molecule has 1 aliphatic rings. The highest BCUT2D eigenvalue weighted by atomic mass is 127. The van der Waals surface area contributed by atoms with Crippen LogP contribution in [0.4, 0.5) is 8.78 Å². The Morgan fingerprint density at radius 3 is 2.56 bits per heavy atom. The van der Waals surface area contributed by atoms with Crippen LogP contribution >= 0.6 is 56.5 Å². The molecule has 210 valence electrons. The zero-order valence-electron chi connectivity index (χ0n) is 21.8. The molecule has 2 heterocycles. The van der Waals surface area contributed by atoms with Crippen LogP contribution in [-0.4, -0.2) is 17.1 Å². The van der Waals surface area contributed by atoms with Gasteiger partial charge in [-0.05, 0) is 101 Å². The third kappa shape index (κ3) is 6.16. The van der Waals surface area contributed by atoms with E-state index >= 15 is 0 Å². The van der Waals surface area contributed by atoms with Gasteiger partial charge in [-0.15, -0.1) is 0 Å². The topological polar surface area (TPSA) is 69.9 Å². The number of ether oxygens (including phenoxy) is 2. The van der Waals surface area contributed by atoms with Crippen LogP contribution in [0.25, 0.3) is 6.08 Å². The van der Waals surface area contributed by atoms with Crippen molar-refractivity contribution >= 4 is 68.6 Å². The number of hydrogen-bond acceptors (Lipinski definition) is 6. The van der Waals surface area contributed by atoms with Gasteiger partial charge in [-0.3, -0.25) is 9.36 Å². The molecular formula is C30H22F2I2N2O4S. The first-order chi connectivity index (χ1) is 19.7. The van der Waals surface area contributed by atoms with Crippen molar-refractivity contribution in [2.45, 2.75) is 26.5 Å². The van der Waals surface area contributed by atoms with E-state index in [0.717, 1.165) is 7.14 Å². The quantitative estimate of drug-likeness (QED) is 0.174. The van der Waals surface area contributed by atoms with Crippen molar-refractivity contribution < 1.29 is 23.0 Å². The number of hydrogen-bond donors (Lipinski definition) is 0. The highest BCUT2D eigenvalue weighted by Gasteiger charge is 2.33. The Labute approximate surface area is 265 Å². The second-order valence-electron chi connectivity index (χ2n) is 9.04. The Balaban J connectivity index is 1.65. The van der Waals surface area contributed by atoms with Gasteiger partial charge in [0.1, 0.15) is 24.0 Å². The second kappa shape index (κ2) is 12.5. The van der Waals surface area contributed by atoms with E-state index in [1.165, 1.54) is 34.1 Å². The molecule has 0 fully saturated rings. The lowest BCUT2D eigenvalue weighted by Crippen LogP contribution is -2.39. The number of esters is 1. The summed E-state index contributed by atoms with van der Waals surface area (Å²) in [5.74, 6) is -0.876. The summed E-state index contributed by atoms with van der Waals surface area (Å²) in [6.07, 6.45) is 1.72. The average molecular weight is 798 g/mol. The van der Waals surface area contributed by atoms with Gasteiger partial charge >= 0.3 is 5.97 Å². The van der Waals surface area contributed by atoms with Crippen LogP contribution in [0.15, 0.2) is 81.7 Å². The van der Waals surface area contributed by atoms with Crippen LogP contribution in [0.5, 0.6) is 5.75 Å². The van der Waals surface area contributed by atoms with E-state index in [1.54, 1.807) is 50.3 Å². The lowest BCUT2D eigenvalue weighted by atomic mass is 9.96. The fourth-order valence-corrected chi connectivity index (χ4v) is 7.58. The number of halogens is 4. The number of fused-ring (bicyclic) bond motifs is 1. The zero-order chi connectivity index (χ0) is 29.3. The van der Waals surface area contributed by atoms with Gasteiger partial charge in [0.15, 0.2) is 4.80 Å². The van der Waals surface area contributed by atoms with E-state index in [2.05, 4.69) is 50.2 Å². The Bertz CT molecular complexity index is 1870. The van der Waals surface area contributed by atoms with Crippen LogP contribution in [0, 0.1) is 18.8 Å². The third-order valence-corrected chi connectivity index (χ3v) is 8.76. The van der Waals surface area contributed by atoms with Crippen LogP contribution in [0.1, 0.15) is 36.6 Å². The molecule has 0 unspecified atom stereocenters. The van der Waals surface area contributed by atoms with E-state index in [4.69, 9.17) is 9.47 Å². The number of aromatic nitrogens is 1. The molecule has 0 saturated heterocycles. The zero-order valence-corrected chi connectivity index (χ0v) is 26.9. The number of nitrogens with zero attached hydrogens (tertiary/aromatic N) is 2. The van der Waals surface area contributed by atoms with E-state index in [-0.39, 0.29) is 30.2 Å². The number of carbonyl (C=O) groups excluding carboxylic acids is 1. The first-order valence-corrected chi connectivity index (χ1v) is 15.5. The van der Waals surface area contributed by atoms with Gasteiger partial charge in [-0.2, -0.15) is 0 Å². The maximum atomic E-state index is 14.3. The number of allylic oxidation sites excluding steroid dienone is 1. The highest BCUT2D eigenvalue weighted by Crippen LogP contribution is 2.32. The van der Waals surface area contributed by atoms with E-state index < -0.39 is 17.8 Å². The number of carbonyl (C=O) groups is 1. The van der Waals surface area contributed by atoms with Crippen molar-refractivity contribution in [3.05, 3.63) is 127 Å². The standard InChI is InChI=1S/C30H22F2I2N2O4S/c1-3-39-29(38)25-16(2)35-30-36(26(25)17-8-10-20(31)11-9-17)28(37)24(41-30)13-19-12-21(33)14-23(34)27(19)40-15-18-6-4-5-7-22(18)32/h4-14,26H,3,15H2,1-2H3/b24-13-/t26-/m0/s1. The van der Waals surface area contributed by atoms with Crippen molar-refractivity contribution in [1.29, 1.82) is 0 Å². The van der Waals surface area contributed by atoms with Gasteiger partial charge in [-0.1, -0.05) is 41.7 Å². The van der Waals surface area contributed by atoms with E-state index in [9.17, 15) is 18.4 Å². The average Bonchev–Trinajstić information content (AvgIpc) is 3.23. The Kier molecular flexibility index (Phi) is 9.04. The normalized spacial score (nSPS) is 15.0. The SMILES string of the molecule is CCOC(=O)C1=C(C)N=c2s/c(=C\c3cc(I)cc(I)c3OCc3ccccc3F)c(=O)n2[C@H]1c1ccc(F)cc1. The monoisotopic (exact) mass is 798 g/mol. The minimum atomic E-state index is -0.846. The van der Waals surface area contributed by atoms with Gasteiger partial charge in [0.05, 0.1) is 32.0 Å². The van der Waals surface area contributed by atoms with E-state index in [0.29, 0.717) is 37.5 Å². The van der Waals surface area contributed by atoms with Crippen LogP contribution < -0.4 is 19.6 Å². The number of benzene rings is 3. The Morgan fingerprint density at radius 1 is 1.12 bits per heavy atom. The van der Waals surface area contributed by atoms with Gasteiger partial charge in [0, 0.05) is 14.7 Å². The summed E-state index contributed by atoms with van der Waals surface area (Å²) in [5, 5.41) is 0. The molecule has 3 aromatic carbocycles. The van der Waals surface area contributed by atoms with Crippen LogP contribution in [0.3, 0.4) is 0 Å². The number of thiazole rings is 1. The molecule has 0 radical (unpaired) electrons. The van der Waals surface area contributed by atoms with Gasteiger partial charge in [0.25, 0.3) is 5.56 Å². The molecule has 6 nitrogen and oxygen atoms in total. The van der Waals surface area contributed by atoms with Gasteiger partial charge in [-0.25, -0.2) is 18.6 Å². The molecule has 5 rings (SSSR count). The van der Waals surface area contributed by atoms with Crippen molar-refractivity contribution in [2.75, 3.05) is 6.61 Å². The number of rotatable bonds is 7. The molecule has 0 amide bonds. The minimum Gasteiger partial charge on any atom is -0.487 e. The molecule has 11 heteroatoms. The van der Waals surface area contributed by atoms with E-state index in [1.807, 2.05) is 12.1 Å². The molecule has 0 N–H and O–H groups in total. The molecule has 0 bridgehead atoms. The smallest absolute Gasteiger partial charge is 0.338 e. The van der Waals surface area contributed by atoms with Crippen molar-refractivity contribution in [1.82, 2.24) is 4.57 Å². The van der Waals surface area contributed by atoms with Crippen LogP contribution in [-0.2, 0) is 16.1 Å². The molecule has 1 aliphatic heterocycles. The fraction of sp³-hybridized carbons (Fsp3) is 0.167. The molecular weight excluding hydrogens is 776 g/mol. The highest BCUT2D eigenvalue weighted by molar-refractivity contribution is 14.1.